The van der Waals surface area contributed by atoms with Crippen LogP contribution in [0.25, 0.3) is 22.3 Å². The number of hydrogen-bond acceptors (Lipinski definition) is 1. The summed E-state index contributed by atoms with van der Waals surface area (Å²) in [6.45, 7) is 6.26. The number of benzene rings is 3. The second-order valence-electron chi connectivity index (χ2n) is 8.14. The fraction of sp³-hybridized carbons (Fsp3) is 0.276. The lowest BCUT2D eigenvalue weighted by atomic mass is 9.97. The van der Waals surface area contributed by atoms with Gasteiger partial charge in [-0.3, -0.25) is 4.79 Å². The summed E-state index contributed by atoms with van der Waals surface area (Å²) >= 11 is 0. The summed E-state index contributed by atoms with van der Waals surface area (Å²) in [5.41, 5.74) is 5.90. The number of nitrogens with one attached hydrogen (secondary N) is 1. The maximum absolute atomic E-state index is 14.9. The first-order valence-corrected chi connectivity index (χ1v) is 11.5. The van der Waals surface area contributed by atoms with Crippen LogP contribution in [-0.4, -0.2) is 12.5 Å². The fourth-order valence-electron chi connectivity index (χ4n) is 3.80. The van der Waals surface area contributed by atoms with Crippen molar-refractivity contribution in [1.29, 1.82) is 0 Å². The van der Waals surface area contributed by atoms with Gasteiger partial charge in [0, 0.05) is 12.1 Å². The second kappa shape index (κ2) is 12.0. The zero-order valence-corrected chi connectivity index (χ0v) is 18.9. The number of carbonyl (C=O) groups excluding carboxylic acids is 1. The van der Waals surface area contributed by atoms with Crippen molar-refractivity contribution in [1.82, 2.24) is 5.32 Å². The van der Waals surface area contributed by atoms with Crippen molar-refractivity contribution in [2.24, 2.45) is 0 Å². The molecule has 0 aliphatic carbocycles. The van der Waals surface area contributed by atoms with Gasteiger partial charge in [0.1, 0.15) is 5.82 Å². The highest BCUT2D eigenvalue weighted by atomic mass is 19.1. The molecular formula is C29H32FNO. The Hall–Kier alpha value is -3.20. The Balaban J connectivity index is 1.62. The topological polar surface area (TPSA) is 29.1 Å². The molecule has 2 nitrogen and oxygen atoms in total. The molecule has 1 N–H and O–H groups in total. The number of carbonyl (C=O) groups is 1. The lowest BCUT2D eigenvalue weighted by Gasteiger charge is -2.09. The van der Waals surface area contributed by atoms with Crippen LogP contribution in [0.4, 0.5) is 4.39 Å². The highest BCUT2D eigenvalue weighted by Crippen LogP contribution is 2.28. The van der Waals surface area contributed by atoms with Crippen molar-refractivity contribution in [3.05, 3.63) is 96.3 Å². The van der Waals surface area contributed by atoms with Crippen LogP contribution in [-0.2, 0) is 17.6 Å². The lowest BCUT2D eigenvalue weighted by molar-refractivity contribution is -0.116. The molecule has 0 fully saturated rings. The molecule has 0 saturated heterocycles. The highest BCUT2D eigenvalue weighted by Gasteiger charge is 2.08. The largest absolute Gasteiger partial charge is 0.353 e. The van der Waals surface area contributed by atoms with Crippen molar-refractivity contribution < 1.29 is 9.18 Å². The summed E-state index contributed by atoms with van der Waals surface area (Å²) in [5.74, 6) is -0.364. The van der Waals surface area contributed by atoms with Gasteiger partial charge in [0.05, 0.1) is 0 Å². The Morgan fingerprint density at radius 1 is 0.844 bits per heavy atom. The maximum atomic E-state index is 14.9. The number of aryl methyl sites for hydroxylation is 2. The predicted molar refractivity (Wildman–Crippen MR) is 132 cm³/mol. The minimum Gasteiger partial charge on any atom is -0.353 e. The van der Waals surface area contributed by atoms with E-state index in [1.807, 2.05) is 36.4 Å². The van der Waals surface area contributed by atoms with E-state index in [1.54, 1.807) is 6.07 Å². The first kappa shape index (κ1) is 23.5. The average Bonchev–Trinajstić information content (AvgIpc) is 2.83. The molecule has 32 heavy (non-hydrogen) atoms. The number of rotatable bonds is 11. The zero-order chi connectivity index (χ0) is 22.8. The lowest BCUT2D eigenvalue weighted by Crippen LogP contribution is -2.22. The molecule has 0 aliphatic heterocycles. The Morgan fingerprint density at radius 3 is 2.03 bits per heavy atom. The van der Waals surface area contributed by atoms with E-state index in [4.69, 9.17) is 0 Å². The van der Waals surface area contributed by atoms with E-state index in [9.17, 15) is 9.18 Å². The van der Waals surface area contributed by atoms with E-state index in [-0.39, 0.29) is 11.7 Å². The van der Waals surface area contributed by atoms with Crippen LogP contribution >= 0.6 is 0 Å². The van der Waals surface area contributed by atoms with Gasteiger partial charge in [0.25, 0.3) is 0 Å². The van der Waals surface area contributed by atoms with Gasteiger partial charge in [0.2, 0.25) is 5.91 Å². The molecule has 0 aromatic heterocycles. The monoisotopic (exact) mass is 429 g/mol. The minimum atomic E-state index is -0.214. The first-order chi connectivity index (χ1) is 15.6. The summed E-state index contributed by atoms with van der Waals surface area (Å²) in [7, 11) is 0. The van der Waals surface area contributed by atoms with E-state index < -0.39 is 0 Å². The third kappa shape index (κ3) is 6.65. The summed E-state index contributed by atoms with van der Waals surface area (Å²) < 4.78 is 14.9. The fourth-order valence-corrected chi connectivity index (χ4v) is 3.80. The van der Waals surface area contributed by atoms with Crippen LogP contribution in [0.5, 0.6) is 0 Å². The molecular weight excluding hydrogens is 397 g/mol. The minimum absolute atomic E-state index is 0.151. The van der Waals surface area contributed by atoms with E-state index in [0.29, 0.717) is 12.1 Å². The smallest absolute Gasteiger partial charge is 0.243 e. The molecule has 3 aromatic rings. The molecule has 1 amide bonds. The van der Waals surface area contributed by atoms with Crippen molar-refractivity contribution in [3.8, 4) is 22.3 Å². The summed E-state index contributed by atoms with van der Waals surface area (Å²) in [5, 5.41) is 2.77. The maximum Gasteiger partial charge on any atom is 0.243 e. The van der Waals surface area contributed by atoms with Crippen LogP contribution in [0.1, 0.15) is 43.7 Å². The van der Waals surface area contributed by atoms with E-state index in [0.717, 1.165) is 41.5 Å². The zero-order valence-electron chi connectivity index (χ0n) is 18.9. The highest BCUT2D eigenvalue weighted by molar-refractivity contribution is 5.86. The Kier molecular flexibility index (Phi) is 8.79. The number of unbranched alkanes of at least 4 members (excludes halogenated alkanes) is 2. The molecule has 0 bridgehead atoms. The summed E-state index contributed by atoms with van der Waals surface area (Å²) in [4.78, 5) is 11.2. The third-order valence-corrected chi connectivity index (χ3v) is 5.72. The molecule has 0 heterocycles. The van der Waals surface area contributed by atoms with Crippen molar-refractivity contribution in [2.75, 3.05) is 6.54 Å². The van der Waals surface area contributed by atoms with Gasteiger partial charge in [-0.2, -0.15) is 0 Å². The summed E-state index contributed by atoms with van der Waals surface area (Å²) in [6, 6.07) is 21.9. The third-order valence-electron chi connectivity index (χ3n) is 5.72. The Bertz CT molecular complexity index is 1020. The van der Waals surface area contributed by atoms with Crippen LogP contribution < -0.4 is 5.32 Å². The Labute approximate surface area is 191 Å². The van der Waals surface area contributed by atoms with Gasteiger partial charge in [-0.1, -0.05) is 87.0 Å². The van der Waals surface area contributed by atoms with Gasteiger partial charge < -0.3 is 5.32 Å². The van der Waals surface area contributed by atoms with Crippen molar-refractivity contribution >= 4 is 5.91 Å². The average molecular weight is 430 g/mol. The van der Waals surface area contributed by atoms with Gasteiger partial charge in [-0.25, -0.2) is 4.39 Å². The molecule has 0 radical (unpaired) electrons. The molecule has 166 valence electrons. The van der Waals surface area contributed by atoms with Gasteiger partial charge in [0.15, 0.2) is 0 Å². The van der Waals surface area contributed by atoms with E-state index in [1.165, 1.54) is 30.9 Å². The molecule has 0 unspecified atom stereocenters. The van der Waals surface area contributed by atoms with E-state index in [2.05, 4.69) is 43.1 Å². The first-order valence-electron chi connectivity index (χ1n) is 11.5. The van der Waals surface area contributed by atoms with Gasteiger partial charge >= 0.3 is 0 Å². The molecule has 0 saturated carbocycles. The second-order valence-corrected chi connectivity index (χ2v) is 8.14. The molecule has 3 heteroatoms. The van der Waals surface area contributed by atoms with Gasteiger partial charge in [-0.05, 0) is 65.6 Å². The molecule has 3 aromatic carbocycles. The van der Waals surface area contributed by atoms with Crippen LogP contribution in [0.3, 0.4) is 0 Å². The van der Waals surface area contributed by atoms with E-state index >= 15 is 0 Å². The number of hydrogen-bond donors (Lipinski definition) is 1. The van der Waals surface area contributed by atoms with Gasteiger partial charge in [-0.15, -0.1) is 0 Å². The molecule has 0 spiro atoms. The van der Waals surface area contributed by atoms with Crippen LogP contribution in [0.2, 0.25) is 0 Å². The summed E-state index contributed by atoms with van der Waals surface area (Å²) in [6.07, 6.45) is 7.77. The molecule has 3 rings (SSSR count). The number of halogens is 1. The van der Waals surface area contributed by atoms with Crippen LogP contribution in [0, 0.1) is 5.82 Å². The van der Waals surface area contributed by atoms with Crippen molar-refractivity contribution in [3.63, 3.8) is 0 Å². The Morgan fingerprint density at radius 2 is 1.44 bits per heavy atom. The van der Waals surface area contributed by atoms with Crippen molar-refractivity contribution in [2.45, 2.75) is 45.4 Å². The predicted octanol–water partition coefficient (Wildman–Crippen LogP) is 7.13. The normalized spacial score (nSPS) is 10.7. The SMILES string of the molecule is C=CC(=O)NCCCc1ccc(-c2ccc(-c3ccc(CCCCC)cc3)cc2F)cc1. The standard InChI is InChI=1S/C29H32FNO/c1-3-5-6-8-22-10-14-24(15-11-22)26-18-19-27(28(30)21-26)25-16-12-23(13-17-25)9-7-20-31-29(32)4-2/h4,10-19,21H,2-3,5-9,20H2,1H3,(H,31,32). The number of amides is 1. The quantitative estimate of drug-likeness (QED) is 0.255. The van der Waals surface area contributed by atoms with Crippen LogP contribution in [0.15, 0.2) is 79.4 Å². The molecule has 0 atom stereocenters. The molecule has 0 aliphatic rings.